The Morgan fingerprint density at radius 2 is 1.95 bits per heavy atom. The first-order chi connectivity index (χ1) is 9.81. The van der Waals surface area contributed by atoms with E-state index in [0.29, 0.717) is 11.3 Å². The van der Waals surface area contributed by atoms with Gasteiger partial charge in [-0.25, -0.2) is 9.50 Å². The number of aldehydes is 1. The molecule has 0 atom stereocenters. The molecule has 0 fully saturated rings. The number of carbonyl (C=O) groups is 1. The van der Waals surface area contributed by atoms with Crippen molar-refractivity contribution < 1.29 is 4.79 Å². The number of aryl methyl sites for hydroxylation is 1. The smallest absolute Gasteiger partial charge is 0.170 e. The van der Waals surface area contributed by atoms with Crippen LogP contribution in [0.3, 0.4) is 0 Å². The largest absolute Gasteiger partial charge is 0.296 e. The maximum atomic E-state index is 10.9. The molecule has 4 heteroatoms. The van der Waals surface area contributed by atoms with Gasteiger partial charge in [-0.2, -0.15) is 5.10 Å². The molecule has 0 aliphatic carbocycles. The number of benzene rings is 1. The number of carbonyl (C=O) groups excluding carboxylic acids is 1. The molecule has 2 aromatic heterocycles. The molecule has 3 rings (SSSR count). The maximum absolute atomic E-state index is 10.9. The SMILES string of the molecule is CCCc1ccc(-c2ccc3ncc(C=O)n3n2)cc1. The van der Waals surface area contributed by atoms with Gasteiger partial charge < -0.3 is 0 Å². The molecular formula is C16H15N3O. The lowest BCUT2D eigenvalue weighted by atomic mass is 10.1. The number of hydrogen-bond donors (Lipinski definition) is 0. The number of imidazole rings is 1. The molecule has 0 radical (unpaired) electrons. The molecule has 0 bridgehead atoms. The fourth-order valence-corrected chi connectivity index (χ4v) is 2.26. The van der Waals surface area contributed by atoms with E-state index in [1.165, 1.54) is 11.8 Å². The Balaban J connectivity index is 2.02. The van der Waals surface area contributed by atoms with Gasteiger partial charge in [-0.05, 0) is 24.1 Å². The van der Waals surface area contributed by atoms with E-state index in [-0.39, 0.29) is 0 Å². The van der Waals surface area contributed by atoms with Crippen LogP contribution in [0.1, 0.15) is 29.4 Å². The van der Waals surface area contributed by atoms with Crippen LogP contribution >= 0.6 is 0 Å². The van der Waals surface area contributed by atoms with Gasteiger partial charge in [0.1, 0.15) is 5.69 Å². The molecular weight excluding hydrogens is 250 g/mol. The molecule has 4 nitrogen and oxygen atoms in total. The molecule has 2 heterocycles. The summed E-state index contributed by atoms with van der Waals surface area (Å²) in [7, 11) is 0. The summed E-state index contributed by atoms with van der Waals surface area (Å²) in [6.45, 7) is 2.17. The molecule has 100 valence electrons. The fourth-order valence-electron chi connectivity index (χ4n) is 2.26. The van der Waals surface area contributed by atoms with Crippen molar-refractivity contribution in [2.24, 2.45) is 0 Å². The van der Waals surface area contributed by atoms with E-state index in [1.807, 2.05) is 12.1 Å². The van der Waals surface area contributed by atoms with Gasteiger partial charge in [-0.1, -0.05) is 37.6 Å². The summed E-state index contributed by atoms with van der Waals surface area (Å²) in [5, 5.41) is 4.47. The van der Waals surface area contributed by atoms with E-state index in [2.05, 4.69) is 41.3 Å². The van der Waals surface area contributed by atoms with E-state index in [1.54, 1.807) is 4.52 Å². The molecule has 0 spiro atoms. The van der Waals surface area contributed by atoms with Crippen molar-refractivity contribution in [1.82, 2.24) is 14.6 Å². The Morgan fingerprint density at radius 1 is 1.15 bits per heavy atom. The van der Waals surface area contributed by atoms with Crippen molar-refractivity contribution in [2.75, 3.05) is 0 Å². The van der Waals surface area contributed by atoms with E-state index >= 15 is 0 Å². The molecule has 20 heavy (non-hydrogen) atoms. The zero-order valence-electron chi connectivity index (χ0n) is 11.3. The monoisotopic (exact) mass is 265 g/mol. The highest BCUT2D eigenvalue weighted by Gasteiger charge is 2.06. The van der Waals surface area contributed by atoms with Crippen LogP contribution < -0.4 is 0 Å². The highest BCUT2D eigenvalue weighted by Crippen LogP contribution is 2.19. The van der Waals surface area contributed by atoms with Crippen molar-refractivity contribution in [3.05, 3.63) is 53.9 Å². The van der Waals surface area contributed by atoms with Crippen LogP contribution in [0.15, 0.2) is 42.6 Å². The van der Waals surface area contributed by atoms with Crippen molar-refractivity contribution in [3.63, 3.8) is 0 Å². The Labute approximate surface area is 117 Å². The second-order valence-electron chi connectivity index (χ2n) is 4.74. The molecule has 1 aromatic carbocycles. The minimum Gasteiger partial charge on any atom is -0.296 e. The van der Waals surface area contributed by atoms with Crippen LogP contribution in [0.2, 0.25) is 0 Å². The molecule has 0 saturated carbocycles. The summed E-state index contributed by atoms with van der Waals surface area (Å²) >= 11 is 0. The molecule has 0 amide bonds. The third kappa shape index (κ3) is 2.20. The zero-order valence-corrected chi connectivity index (χ0v) is 11.3. The minimum atomic E-state index is 0.462. The first-order valence-corrected chi connectivity index (χ1v) is 6.71. The Hall–Kier alpha value is -2.49. The normalized spacial score (nSPS) is 10.8. The van der Waals surface area contributed by atoms with Gasteiger partial charge in [0.25, 0.3) is 0 Å². The van der Waals surface area contributed by atoms with Crippen molar-refractivity contribution in [3.8, 4) is 11.3 Å². The third-order valence-corrected chi connectivity index (χ3v) is 3.30. The number of fused-ring (bicyclic) bond motifs is 1. The van der Waals surface area contributed by atoms with Crippen LogP contribution in [0, 0.1) is 0 Å². The van der Waals surface area contributed by atoms with Crippen LogP contribution in [0.5, 0.6) is 0 Å². The van der Waals surface area contributed by atoms with Gasteiger partial charge >= 0.3 is 0 Å². The average Bonchev–Trinajstić information content (AvgIpc) is 2.90. The van der Waals surface area contributed by atoms with Crippen molar-refractivity contribution in [2.45, 2.75) is 19.8 Å². The second kappa shape index (κ2) is 5.25. The predicted molar refractivity (Wildman–Crippen MR) is 77.8 cm³/mol. The summed E-state index contributed by atoms with van der Waals surface area (Å²) in [6.07, 6.45) is 4.52. The minimum absolute atomic E-state index is 0.462. The summed E-state index contributed by atoms with van der Waals surface area (Å²) < 4.78 is 1.57. The first-order valence-electron chi connectivity index (χ1n) is 6.71. The van der Waals surface area contributed by atoms with Crippen molar-refractivity contribution >= 4 is 11.9 Å². The zero-order chi connectivity index (χ0) is 13.9. The van der Waals surface area contributed by atoms with Crippen LogP contribution in [-0.4, -0.2) is 20.9 Å². The average molecular weight is 265 g/mol. The summed E-state index contributed by atoms with van der Waals surface area (Å²) in [5.74, 6) is 0. The summed E-state index contributed by atoms with van der Waals surface area (Å²) in [4.78, 5) is 15.1. The number of rotatable bonds is 4. The fraction of sp³-hybridized carbons (Fsp3) is 0.188. The Bertz CT molecular complexity index is 744. The number of nitrogens with zero attached hydrogens (tertiary/aromatic N) is 3. The van der Waals surface area contributed by atoms with Gasteiger partial charge in [0.2, 0.25) is 0 Å². The van der Waals surface area contributed by atoms with E-state index in [0.717, 1.165) is 30.4 Å². The lowest BCUT2D eigenvalue weighted by molar-refractivity contribution is 0.111. The summed E-state index contributed by atoms with van der Waals surface area (Å²) in [6, 6.07) is 12.2. The van der Waals surface area contributed by atoms with Crippen molar-refractivity contribution in [1.29, 1.82) is 0 Å². The van der Waals surface area contributed by atoms with Crippen LogP contribution in [-0.2, 0) is 6.42 Å². The van der Waals surface area contributed by atoms with Crippen LogP contribution in [0.25, 0.3) is 16.9 Å². The third-order valence-electron chi connectivity index (χ3n) is 3.30. The van der Waals surface area contributed by atoms with Gasteiger partial charge in [-0.15, -0.1) is 0 Å². The lowest BCUT2D eigenvalue weighted by Crippen LogP contribution is -1.98. The molecule has 0 aliphatic rings. The van der Waals surface area contributed by atoms with Gasteiger partial charge in [0.15, 0.2) is 11.9 Å². The predicted octanol–water partition coefficient (Wildman–Crippen LogP) is 3.16. The maximum Gasteiger partial charge on any atom is 0.170 e. The molecule has 0 N–H and O–H groups in total. The standard InChI is InChI=1S/C16H15N3O/c1-2-3-12-4-6-13(7-5-12)15-8-9-16-17-10-14(11-20)19(16)18-15/h4-11H,2-3H2,1H3. The lowest BCUT2D eigenvalue weighted by Gasteiger charge is -2.04. The number of aromatic nitrogens is 3. The Kier molecular flexibility index (Phi) is 3.29. The number of hydrogen-bond acceptors (Lipinski definition) is 3. The highest BCUT2D eigenvalue weighted by atomic mass is 16.1. The second-order valence-corrected chi connectivity index (χ2v) is 4.74. The van der Waals surface area contributed by atoms with E-state index in [9.17, 15) is 4.79 Å². The topological polar surface area (TPSA) is 47.3 Å². The first kappa shape index (κ1) is 12.5. The highest BCUT2D eigenvalue weighted by molar-refractivity contribution is 5.74. The van der Waals surface area contributed by atoms with Gasteiger partial charge in [0.05, 0.1) is 11.9 Å². The molecule has 0 aliphatic heterocycles. The summed E-state index contributed by atoms with van der Waals surface area (Å²) in [5.41, 5.74) is 4.34. The van der Waals surface area contributed by atoms with E-state index < -0.39 is 0 Å². The van der Waals surface area contributed by atoms with E-state index in [4.69, 9.17) is 0 Å². The van der Waals surface area contributed by atoms with Gasteiger partial charge in [-0.3, -0.25) is 4.79 Å². The van der Waals surface area contributed by atoms with Gasteiger partial charge in [0, 0.05) is 5.56 Å². The quantitative estimate of drug-likeness (QED) is 0.681. The molecule has 0 saturated heterocycles. The Morgan fingerprint density at radius 3 is 2.65 bits per heavy atom. The molecule has 0 unspecified atom stereocenters. The van der Waals surface area contributed by atoms with Crippen LogP contribution in [0.4, 0.5) is 0 Å². The molecule has 3 aromatic rings.